The molecule has 0 saturated carbocycles. The van der Waals surface area contributed by atoms with Crippen molar-refractivity contribution >= 4 is 35.7 Å². The fourth-order valence-corrected chi connectivity index (χ4v) is 1.45. The van der Waals surface area contributed by atoms with Crippen molar-refractivity contribution in [1.82, 2.24) is 0 Å². The highest BCUT2D eigenvalue weighted by Crippen LogP contribution is 2.21. The summed E-state index contributed by atoms with van der Waals surface area (Å²) in [6.07, 6.45) is 3.91. The number of benzene rings is 1. The van der Waals surface area contributed by atoms with E-state index in [1.165, 1.54) is 31.0 Å². The van der Waals surface area contributed by atoms with Gasteiger partial charge in [0.25, 0.3) is 0 Å². The highest BCUT2D eigenvalue weighted by molar-refractivity contribution is 8.03. The Morgan fingerprint density at radius 1 is 1.50 bits per heavy atom. The number of hydrogen-bond donors (Lipinski definition) is 1. The number of hydrogen-bond acceptors (Lipinski definition) is 3. The van der Waals surface area contributed by atoms with E-state index in [1.54, 1.807) is 18.4 Å². The number of thioether (sulfide) groups is 1. The molecule has 2 N–H and O–H groups in total. The third-order valence-corrected chi connectivity index (χ3v) is 2.61. The molecule has 16 heavy (non-hydrogen) atoms. The topological polar surface area (TPSA) is 43.1 Å². The van der Waals surface area contributed by atoms with Gasteiger partial charge in [0.05, 0.1) is 5.02 Å². The van der Waals surface area contributed by atoms with Gasteiger partial charge in [0.15, 0.2) is 6.29 Å². The Bertz CT molecular complexity index is 382. The smallest absolute Gasteiger partial charge is 0.156 e. The van der Waals surface area contributed by atoms with E-state index in [-0.39, 0.29) is 5.02 Å². The lowest BCUT2D eigenvalue weighted by molar-refractivity contribution is -0.104. The van der Waals surface area contributed by atoms with E-state index >= 15 is 0 Å². The summed E-state index contributed by atoms with van der Waals surface area (Å²) in [6, 6.07) is 4.68. The molecule has 0 unspecified atom stereocenters. The van der Waals surface area contributed by atoms with Crippen LogP contribution in [0.3, 0.4) is 0 Å². The number of nitrogens with two attached hydrogens (primary N) is 1. The van der Waals surface area contributed by atoms with E-state index in [0.29, 0.717) is 16.8 Å². The summed E-state index contributed by atoms with van der Waals surface area (Å²) < 4.78 is 13.3. The van der Waals surface area contributed by atoms with Gasteiger partial charge in [-0.1, -0.05) is 23.7 Å². The fourth-order valence-electron chi connectivity index (χ4n) is 0.926. The average Bonchev–Trinajstić information content (AvgIpc) is 2.34. The van der Waals surface area contributed by atoms with Crippen LogP contribution in [-0.2, 0) is 4.79 Å². The number of halogens is 2. The largest absolute Gasteiger partial charge is 0.333 e. The highest BCUT2D eigenvalue weighted by atomic mass is 35.5. The van der Waals surface area contributed by atoms with Crippen LogP contribution in [0.5, 0.6) is 0 Å². The number of carbonyl (C=O) groups excluding carboxylic acids is 1. The van der Waals surface area contributed by atoms with Crippen LogP contribution >= 0.6 is 23.4 Å². The fraction of sp³-hybridized carbons (Fsp3) is 0.182. The summed E-state index contributed by atoms with van der Waals surface area (Å²) in [5.74, 6) is -0.498. The van der Waals surface area contributed by atoms with Crippen molar-refractivity contribution in [3.63, 3.8) is 0 Å². The highest BCUT2D eigenvalue weighted by Gasteiger charge is 2.04. The quantitative estimate of drug-likeness (QED) is 0.672. The molecule has 0 atom stereocenters. The first kappa shape index (κ1) is 15.2. The predicted octanol–water partition coefficient (Wildman–Crippen LogP) is 2.96. The second-order valence-corrected chi connectivity index (χ2v) is 3.80. The van der Waals surface area contributed by atoms with Gasteiger partial charge in [-0.2, -0.15) is 0 Å². The Hall–Kier alpha value is -0.840. The zero-order valence-electron chi connectivity index (χ0n) is 9.04. The third-order valence-electron chi connectivity index (χ3n) is 1.63. The van der Waals surface area contributed by atoms with Gasteiger partial charge in [0, 0.05) is 10.5 Å². The van der Waals surface area contributed by atoms with Gasteiger partial charge in [-0.3, -0.25) is 4.79 Å². The lowest BCUT2D eigenvalue weighted by atomic mass is 10.2. The minimum absolute atomic E-state index is 0.0603. The van der Waals surface area contributed by atoms with E-state index in [9.17, 15) is 9.18 Å². The van der Waals surface area contributed by atoms with Crippen molar-refractivity contribution in [2.24, 2.45) is 5.73 Å². The molecule has 1 aromatic carbocycles. The molecule has 0 aliphatic heterocycles. The molecule has 1 aromatic rings. The summed E-state index contributed by atoms with van der Waals surface area (Å²) >= 11 is 6.85. The van der Waals surface area contributed by atoms with Gasteiger partial charge in [-0.15, -0.1) is 11.8 Å². The number of carbonyl (C=O) groups is 1. The van der Waals surface area contributed by atoms with Gasteiger partial charge in [0.2, 0.25) is 0 Å². The summed E-state index contributed by atoms with van der Waals surface area (Å²) in [6.45, 7) is 0. The van der Waals surface area contributed by atoms with Crippen molar-refractivity contribution < 1.29 is 9.18 Å². The molecule has 88 valence electrons. The van der Waals surface area contributed by atoms with Crippen LogP contribution in [-0.4, -0.2) is 19.6 Å². The van der Waals surface area contributed by atoms with Gasteiger partial charge < -0.3 is 5.73 Å². The molecule has 0 radical (unpaired) electrons. The van der Waals surface area contributed by atoms with Crippen molar-refractivity contribution in [2.75, 3.05) is 13.3 Å². The van der Waals surface area contributed by atoms with Crippen LogP contribution in [0.1, 0.15) is 5.56 Å². The van der Waals surface area contributed by atoms with Gasteiger partial charge in [-0.25, -0.2) is 4.39 Å². The first-order chi connectivity index (χ1) is 7.69. The van der Waals surface area contributed by atoms with Crippen molar-refractivity contribution in [2.45, 2.75) is 0 Å². The lowest BCUT2D eigenvalue weighted by Crippen LogP contribution is -1.85. The molecule has 0 bridgehead atoms. The van der Waals surface area contributed by atoms with Crippen LogP contribution in [0.4, 0.5) is 4.39 Å². The van der Waals surface area contributed by atoms with Gasteiger partial charge in [0.1, 0.15) is 5.82 Å². The minimum atomic E-state index is -0.498. The maximum absolute atomic E-state index is 13.3. The minimum Gasteiger partial charge on any atom is -0.333 e. The monoisotopic (exact) mass is 261 g/mol. The van der Waals surface area contributed by atoms with Crippen molar-refractivity contribution in [3.8, 4) is 0 Å². The zero-order chi connectivity index (χ0) is 12.6. The zero-order valence-corrected chi connectivity index (χ0v) is 10.6. The third kappa shape index (κ3) is 4.35. The molecule has 0 saturated heterocycles. The van der Waals surface area contributed by atoms with E-state index < -0.39 is 5.82 Å². The van der Waals surface area contributed by atoms with Gasteiger partial charge in [-0.05, 0) is 25.4 Å². The van der Waals surface area contributed by atoms with Crippen LogP contribution < -0.4 is 5.73 Å². The molecule has 0 aliphatic carbocycles. The lowest BCUT2D eigenvalue weighted by Gasteiger charge is -1.99. The van der Waals surface area contributed by atoms with Gasteiger partial charge >= 0.3 is 0 Å². The normalized spacial score (nSPS) is 10.4. The molecular formula is C11H13ClFNOS. The molecule has 0 amide bonds. The standard InChI is InChI=1S/C10H8ClFOS.CH5N/c1-14-8(6-13)5-7-3-2-4-9(11)10(7)12;1-2/h2-6H,1H3;2H2,1H3/b8-5-;. The molecule has 5 heteroatoms. The second-order valence-electron chi connectivity index (χ2n) is 2.51. The van der Waals surface area contributed by atoms with Crippen molar-refractivity contribution in [3.05, 3.63) is 39.5 Å². The van der Waals surface area contributed by atoms with E-state index in [0.717, 1.165) is 0 Å². The predicted molar refractivity (Wildman–Crippen MR) is 69.1 cm³/mol. The number of rotatable bonds is 3. The second kappa shape index (κ2) is 8.33. The number of aldehydes is 1. The SMILES string of the molecule is CN.CS/C(C=O)=C\c1cccc(Cl)c1F. The van der Waals surface area contributed by atoms with Crippen LogP contribution in [0.2, 0.25) is 5.02 Å². The summed E-state index contributed by atoms with van der Waals surface area (Å²) in [4.78, 5) is 11.0. The molecule has 0 fully saturated rings. The summed E-state index contributed by atoms with van der Waals surface area (Å²) in [5.41, 5.74) is 4.83. The number of allylic oxidation sites excluding steroid dienone is 1. The van der Waals surface area contributed by atoms with Crippen LogP contribution in [0.25, 0.3) is 6.08 Å². The molecule has 0 aromatic heterocycles. The maximum atomic E-state index is 13.3. The maximum Gasteiger partial charge on any atom is 0.156 e. The van der Waals surface area contributed by atoms with E-state index in [1.807, 2.05) is 0 Å². The molecular weight excluding hydrogens is 249 g/mol. The molecule has 1 rings (SSSR count). The van der Waals surface area contributed by atoms with Crippen molar-refractivity contribution in [1.29, 1.82) is 0 Å². The first-order valence-corrected chi connectivity index (χ1v) is 6.02. The molecule has 0 spiro atoms. The summed E-state index contributed by atoms with van der Waals surface area (Å²) in [5, 5.41) is 0.0603. The van der Waals surface area contributed by atoms with E-state index in [4.69, 9.17) is 11.6 Å². The Morgan fingerprint density at radius 3 is 2.62 bits per heavy atom. The average molecular weight is 262 g/mol. The molecule has 2 nitrogen and oxygen atoms in total. The molecule has 0 heterocycles. The molecule has 0 aliphatic rings. The van der Waals surface area contributed by atoms with Crippen LogP contribution in [0, 0.1) is 5.82 Å². The summed E-state index contributed by atoms with van der Waals surface area (Å²) in [7, 11) is 1.50. The first-order valence-electron chi connectivity index (χ1n) is 4.41. The Balaban J connectivity index is 0.00000106. The van der Waals surface area contributed by atoms with E-state index in [2.05, 4.69) is 5.73 Å². The Kier molecular flexibility index (Phi) is 7.89. The van der Waals surface area contributed by atoms with Crippen LogP contribution in [0.15, 0.2) is 23.1 Å². The Morgan fingerprint density at radius 2 is 2.12 bits per heavy atom. The Labute approximate surface area is 104 Å².